The van der Waals surface area contributed by atoms with Crippen molar-refractivity contribution in [3.8, 4) is 0 Å². The van der Waals surface area contributed by atoms with E-state index in [0.29, 0.717) is 5.92 Å². The summed E-state index contributed by atoms with van der Waals surface area (Å²) >= 11 is 0. The summed E-state index contributed by atoms with van der Waals surface area (Å²) in [5.41, 5.74) is 0. The Hall–Kier alpha value is -0.900. The van der Waals surface area contributed by atoms with Gasteiger partial charge in [0.05, 0.1) is 0 Å². The van der Waals surface area contributed by atoms with Crippen LogP contribution in [0.4, 0.5) is 0 Å². The van der Waals surface area contributed by atoms with E-state index in [1.54, 1.807) is 0 Å². The quantitative estimate of drug-likeness (QED) is 0.699. The van der Waals surface area contributed by atoms with E-state index >= 15 is 0 Å². The molecule has 1 aromatic rings. The summed E-state index contributed by atoms with van der Waals surface area (Å²) in [5, 5.41) is 17.9. The number of rotatable bonds is 1. The molecule has 70 valence electrons. The van der Waals surface area contributed by atoms with Gasteiger partial charge in [0.1, 0.15) is 11.9 Å². The van der Waals surface area contributed by atoms with Crippen molar-refractivity contribution in [2.24, 2.45) is 0 Å². The molecule has 1 unspecified atom stereocenters. The van der Waals surface area contributed by atoms with E-state index in [0.717, 1.165) is 31.0 Å². The maximum atomic E-state index is 9.65. The molecular formula is C9H13N3O. The summed E-state index contributed by atoms with van der Waals surface area (Å²) in [7, 11) is 0. The normalized spacial score (nSPS) is 27.3. The Kier molecular flexibility index (Phi) is 1.47. The van der Waals surface area contributed by atoms with Crippen LogP contribution in [0.3, 0.4) is 0 Å². The number of aromatic nitrogens is 3. The van der Waals surface area contributed by atoms with Crippen LogP contribution in [0.1, 0.15) is 49.4 Å². The Balaban J connectivity index is 2.04. The number of aliphatic hydroxyl groups is 1. The van der Waals surface area contributed by atoms with Crippen LogP contribution in [0.5, 0.6) is 0 Å². The lowest BCUT2D eigenvalue weighted by Gasteiger charge is -2.19. The van der Waals surface area contributed by atoms with Crippen molar-refractivity contribution in [3.05, 3.63) is 11.6 Å². The molecule has 4 heteroatoms. The van der Waals surface area contributed by atoms with Gasteiger partial charge in [0.2, 0.25) is 0 Å². The van der Waals surface area contributed by atoms with Gasteiger partial charge in [0.15, 0.2) is 5.82 Å². The first kappa shape index (κ1) is 7.50. The van der Waals surface area contributed by atoms with Crippen molar-refractivity contribution < 1.29 is 5.11 Å². The zero-order valence-corrected chi connectivity index (χ0v) is 7.48. The first-order chi connectivity index (χ1) is 6.36. The van der Waals surface area contributed by atoms with E-state index in [1.165, 1.54) is 12.8 Å². The minimum Gasteiger partial charge on any atom is -0.385 e. The average molecular weight is 179 g/mol. The van der Waals surface area contributed by atoms with Gasteiger partial charge in [-0.15, -0.1) is 10.2 Å². The number of hydrogen-bond acceptors (Lipinski definition) is 3. The predicted molar refractivity (Wildman–Crippen MR) is 46.2 cm³/mol. The molecule has 2 heterocycles. The summed E-state index contributed by atoms with van der Waals surface area (Å²) in [6, 6.07) is 0. The molecular weight excluding hydrogens is 166 g/mol. The molecule has 3 rings (SSSR count). The highest BCUT2D eigenvalue weighted by molar-refractivity contribution is 5.10. The van der Waals surface area contributed by atoms with Crippen molar-refractivity contribution in [2.75, 3.05) is 0 Å². The average Bonchev–Trinajstić information content (AvgIpc) is 2.87. The molecule has 1 aromatic heterocycles. The predicted octanol–water partition coefficient (Wildman–Crippen LogP) is 0.983. The van der Waals surface area contributed by atoms with E-state index in [2.05, 4.69) is 14.8 Å². The smallest absolute Gasteiger partial charge is 0.161 e. The van der Waals surface area contributed by atoms with Gasteiger partial charge in [-0.3, -0.25) is 0 Å². The molecule has 0 saturated heterocycles. The molecule has 13 heavy (non-hydrogen) atoms. The summed E-state index contributed by atoms with van der Waals surface area (Å²) in [6.45, 7) is 0.991. The SMILES string of the molecule is OC1CCCn2c1nnc2C1CC1. The summed E-state index contributed by atoms with van der Waals surface area (Å²) in [4.78, 5) is 0. The standard InChI is InChI=1S/C9H13N3O/c13-7-2-1-5-12-8(6-3-4-6)10-11-9(7)12/h6-7,13H,1-5H2. The van der Waals surface area contributed by atoms with Crippen LogP contribution >= 0.6 is 0 Å². The molecule has 1 aliphatic carbocycles. The first-order valence-corrected chi connectivity index (χ1v) is 4.97. The molecule has 0 bridgehead atoms. The second kappa shape index (κ2) is 2.54. The number of aliphatic hydroxyl groups excluding tert-OH is 1. The second-order valence-electron chi connectivity index (χ2n) is 4.00. The lowest BCUT2D eigenvalue weighted by Crippen LogP contribution is -2.17. The Morgan fingerprint density at radius 3 is 2.69 bits per heavy atom. The van der Waals surface area contributed by atoms with Gasteiger partial charge in [0.25, 0.3) is 0 Å². The van der Waals surface area contributed by atoms with Crippen molar-refractivity contribution >= 4 is 0 Å². The van der Waals surface area contributed by atoms with Crippen LogP contribution in [0, 0.1) is 0 Å². The fourth-order valence-corrected chi connectivity index (χ4v) is 2.02. The van der Waals surface area contributed by atoms with Crippen LogP contribution in [-0.4, -0.2) is 19.9 Å². The fraction of sp³-hybridized carbons (Fsp3) is 0.778. The number of fused-ring (bicyclic) bond motifs is 1. The van der Waals surface area contributed by atoms with Crippen LogP contribution in [-0.2, 0) is 6.54 Å². The van der Waals surface area contributed by atoms with Gasteiger partial charge in [-0.05, 0) is 25.7 Å². The van der Waals surface area contributed by atoms with E-state index < -0.39 is 0 Å². The van der Waals surface area contributed by atoms with E-state index in [1.807, 2.05) is 0 Å². The molecule has 2 aliphatic rings. The Bertz CT molecular complexity index is 316. The molecule has 0 aromatic carbocycles. The van der Waals surface area contributed by atoms with Gasteiger partial charge in [-0.25, -0.2) is 0 Å². The molecule has 1 N–H and O–H groups in total. The van der Waals surface area contributed by atoms with Crippen molar-refractivity contribution in [1.29, 1.82) is 0 Å². The van der Waals surface area contributed by atoms with Crippen LogP contribution in [0.15, 0.2) is 0 Å². The van der Waals surface area contributed by atoms with E-state index in [4.69, 9.17) is 0 Å². The highest BCUT2D eigenvalue weighted by Crippen LogP contribution is 2.40. The largest absolute Gasteiger partial charge is 0.385 e. The molecule has 0 spiro atoms. The molecule has 1 fully saturated rings. The third-order valence-electron chi connectivity index (χ3n) is 2.91. The van der Waals surface area contributed by atoms with Crippen molar-refractivity contribution in [1.82, 2.24) is 14.8 Å². The highest BCUT2D eigenvalue weighted by Gasteiger charge is 2.32. The van der Waals surface area contributed by atoms with Crippen molar-refractivity contribution in [2.45, 2.75) is 44.2 Å². The van der Waals surface area contributed by atoms with Gasteiger partial charge >= 0.3 is 0 Å². The molecule has 0 amide bonds. The topological polar surface area (TPSA) is 50.9 Å². The minimum atomic E-state index is -0.381. The molecule has 1 atom stereocenters. The highest BCUT2D eigenvalue weighted by atomic mass is 16.3. The summed E-state index contributed by atoms with van der Waals surface area (Å²) in [5.74, 6) is 2.52. The number of hydrogen-bond donors (Lipinski definition) is 1. The maximum absolute atomic E-state index is 9.65. The van der Waals surface area contributed by atoms with Gasteiger partial charge < -0.3 is 9.67 Å². The molecule has 1 aliphatic heterocycles. The molecule has 1 saturated carbocycles. The lowest BCUT2D eigenvalue weighted by atomic mass is 10.1. The first-order valence-electron chi connectivity index (χ1n) is 4.97. The Morgan fingerprint density at radius 1 is 1.15 bits per heavy atom. The lowest BCUT2D eigenvalue weighted by molar-refractivity contribution is 0.133. The Labute approximate surface area is 76.6 Å². The summed E-state index contributed by atoms with van der Waals surface area (Å²) < 4.78 is 2.12. The maximum Gasteiger partial charge on any atom is 0.161 e. The van der Waals surface area contributed by atoms with Crippen molar-refractivity contribution in [3.63, 3.8) is 0 Å². The monoisotopic (exact) mass is 179 g/mol. The van der Waals surface area contributed by atoms with Gasteiger partial charge in [-0.2, -0.15) is 0 Å². The van der Waals surface area contributed by atoms with Gasteiger partial charge in [-0.1, -0.05) is 0 Å². The Morgan fingerprint density at radius 2 is 1.92 bits per heavy atom. The summed E-state index contributed by atoms with van der Waals surface area (Å²) in [6.07, 6.45) is 3.99. The zero-order chi connectivity index (χ0) is 8.84. The third kappa shape index (κ3) is 1.09. The van der Waals surface area contributed by atoms with Crippen LogP contribution in [0.2, 0.25) is 0 Å². The second-order valence-corrected chi connectivity index (χ2v) is 4.00. The zero-order valence-electron chi connectivity index (χ0n) is 7.48. The minimum absolute atomic E-state index is 0.381. The van der Waals surface area contributed by atoms with Crippen LogP contribution in [0.25, 0.3) is 0 Å². The van der Waals surface area contributed by atoms with Gasteiger partial charge in [0, 0.05) is 12.5 Å². The number of nitrogens with zero attached hydrogens (tertiary/aromatic N) is 3. The van der Waals surface area contributed by atoms with E-state index in [9.17, 15) is 5.11 Å². The fourth-order valence-electron chi connectivity index (χ4n) is 2.02. The van der Waals surface area contributed by atoms with Crippen LogP contribution < -0.4 is 0 Å². The molecule has 0 radical (unpaired) electrons. The third-order valence-corrected chi connectivity index (χ3v) is 2.91. The molecule has 4 nitrogen and oxygen atoms in total. The van der Waals surface area contributed by atoms with E-state index in [-0.39, 0.29) is 6.10 Å².